The van der Waals surface area contributed by atoms with Crippen LogP contribution in [0.4, 0.5) is 5.69 Å². The van der Waals surface area contributed by atoms with Gasteiger partial charge in [-0.2, -0.15) is 0 Å². The van der Waals surface area contributed by atoms with E-state index < -0.39 is 0 Å². The second kappa shape index (κ2) is 5.89. The van der Waals surface area contributed by atoms with Crippen molar-refractivity contribution in [3.05, 3.63) is 74.8 Å². The molecule has 5 nitrogen and oxygen atoms in total. The maximum absolute atomic E-state index is 12.1. The van der Waals surface area contributed by atoms with Crippen LogP contribution in [0.25, 0.3) is 10.8 Å². The van der Waals surface area contributed by atoms with E-state index in [4.69, 9.17) is 0 Å². The predicted molar refractivity (Wildman–Crippen MR) is 88.3 cm³/mol. The highest BCUT2D eigenvalue weighted by molar-refractivity contribution is 5.92. The minimum absolute atomic E-state index is 0.0745. The third-order valence-electron chi connectivity index (χ3n) is 3.77. The lowest BCUT2D eigenvalue weighted by atomic mass is 10.0. The zero-order chi connectivity index (χ0) is 15.5. The van der Waals surface area contributed by atoms with E-state index in [1.807, 2.05) is 36.4 Å². The zero-order valence-corrected chi connectivity index (χ0v) is 12.2. The van der Waals surface area contributed by atoms with Crippen molar-refractivity contribution < 1.29 is 0 Å². The molecule has 2 aromatic carbocycles. The normalized spacial score (nSPS) is 12.2. The van der Waals surface area contributed by atoms with Gasteiger partial charge in [0.25, 0.3) is 11.1 Å². The topological polar surface area (TPSA) is 77.8 Å². The van der Waals surface area contributed by atoms with E-state index in [1.54, 1.807) is 12.1 Å². The molecule has 0 aliphatic heterocycles. The van der Waals surface area contributed by atoms with E-state index in [2.05, 4.69) is 22.4 Å². The molecule has 3 N–H and O–H groups in total. The first kappa shape index (κ1) is 14.1. The number of aromatic amines is 2. The van der Waals surface area contributed by atoms with Crippen LogP contribution in [0.5, 0.6) is 0 Å². The quantitative estimate of drug-likeness (QED) is 0.692. The predicted octanol–water partition coefficient (Wildman–Crippen LogP) is 2.78. The zero-order valence-electron chi connectivity index (χ0n) is 12.2. The second-order valence-electron chi connectivity index (χ2n) is 5.15. The second-order valence-corrected chi connectivity index (χ2v) is 5.15. The van der Waals surface area contributed by atoms with Crippen molar-refractivity contribution in [3.63, 3.8) is 0 Å². The standard InChI is InChI=1S/C17H17N3O2/c1-2-13(11-7-4-3-5-8-11)18-14-10-6-9-12-15(14)17(22)20-19-16(12)21/h3-10,13,18H,2H2,1H3,(H,19,21)(H,20,22). The number of fused-ring (bicyclic) bond motifs is 1. The molecule has 1 atom stereocenters. The van der Waals surface area contributed by atoms with Gasteiger partial charge in [0.2, 0.25) is 0 Å². The van der Waals surface area contributed by atoms with Crippen molar-refractivity contribution >= 4 is 16.5 Å². The van der Waals surface area contributed by atoms with Crippen LogP contribution < -0.4 is 16.4 Å². The Morgan fingerprint density at radius 2 is 1.68 bits per heavy atom. The molecule has 0 bridgehead atoms. The van der Waals surface area contributed by atoms with Crippen molar-refractivity contribution in [2.24, 2.45) is 0 Å². The van der Waals surface area contributed by atoms with Gasteiger partial charge in [0.15, 0.2) is 0 Å². The molecule has 22 heavy (non-hydrogen) atoms. The van der Waals surface area contributed by atoms with Crippen LogP contribution in [-0.2, 0) is 0 Å². The number of hydrogen-bond acceptors (Lipinski definition) is 3. The van der Waals surface area contributed by atoms with Gasteiger partial charge in [0, 0.05) is 5.69 Å². The van der Waals surface area contributed by atoms with E-state index in [-0.39, 0.29) is 17.2 Å². The molecule has 0 saturated carbocycles. The van der Waals surface area contributed by atoms with Crippen molar-refractivity contribution in [3.8, 4) is 0 Å². The number of anilines is 1. The highest BCUT2D eigenvalue weighted by Gasteiger charge is 2.13. The molecule has 3 aromatic rings. The third kappa shape index (κ3) is 2.53. The Bertz CT molecular complexity index is 897. The Labute approximate surface area is 127 Å². The van der Waals surface area contributed by atoms with Gasteiger partial charge in [-0.25, -0.2) is 0 Å². The van der Waals surface area contributed by atoms with Gasteiger partial charge in [-0.3, -0.25) is 19.8 Å². The van der Waals surface area contributed by atoms with Crippen LogP contribution in [-0.4, -0.2) is 10.2 Å². The molecule has 1 aromatic heterocycles. The summed E-state index contributed by atoms with van der Waals surface area (Å²) in [5.74, 6) is 0. The molecule has 5 heteroatoms. The average molecular weight is 295 g/mol. The Kier molecular flexibility index (Phi) is 3.78. The first-order chi connectivity index (χ1) is 10.7. The summed E-state index contributed by atoms with van der Waals surface area (Å²) in [6.45, 7) is 2.08. The van der Waals surface area contributed by atoms with Gasteiger partial charge in [-0.1, -0.05) is 43.3 Å². The van der Waals surface area contributed by atoms with Gasteiger partial charge in [0.1, 0.15) is 0 Å². The molecule has 112 valence electrons. The fourth-order valence-corrected chi connectivity index (χ4v) is 2.64. The van der Waals surface area contributed by atoms with E-state index in [0.717, 1.165) is 12.0 Å². The van der Waals surface area contributed by atoms with Gasteiger partial charge in [0.05, 0.1) is 16.8 Å². The Balaban J connectivity index is 2.09. The Morgan fingerprint density at radius 3 is 2.41 bits per heavy atom. The molecule has 0 aliphatic rings. The van der Waals surface area contributed by atoms with Gasteiger partial charge in [-0.15, -0.1) is 0 Å². The largest absolute Gasteiger partial charge is 0.378 e. The van der Waals surface area contributed by atoms with E-state index in [1.165, 1.54) is 0 Å². The summed E-state index contributed by atoms with van der Waals surface area (Å²) >= 11 is 0. The van der Waals surface area contributed by atoms with Crippen LogP contribution in [0.1, 0.15) is 24.9 Å². The molecular weight excluding hydrogens is 278 g/mol. The maximum atomic E-state index is 12.1. The molecule has 0 fully saturated rings. The summed E-state index contributed by atoms with van der Waals surface area (Å²) in [6, 6.07) is 15.4. The smallest absolute Gasteiger partial charge is 0.272 e. The molecule has 0 amide bonds. The Morgan fingerprint density at radius 1 is 0.955 bits per heavy atom. The van der Waals surface area contributed by atoms with Crippen LogP contribution in [0.3, 0.4) is 0 Å². The molecule has 1 unspecified atom stereocenters. The summed E-state index contributed by atoms with van der Waals surface area (Å²) < 4.78 is 0. The van der Waals surface area contributed by atoms with Crippen LogP contribution in [0, 0.1) is 0 Å². The summed E-state index contributed by atoms with van der Waals surface area (Å²) in [5.41, 5.74) is 1.20. The van der Waals surface area contributed by atoms with Crippen molar-refractivity contribution in [2.75, 3.05) is 5.32 Å². The van der Waals surface area contributed by atoms with Crippen molar-refractivity contribution in [1.29, 1.82) is 0 Å². The minimum atomic E-state index is -0.305. The van der Waals surface area contributed by atoms with Crippen LogP contribution in [0.15, 0.2) is 58.1 Å². The highest BCUT2D eigenvalue weighted by Crippen LogP contribution is 2.25. The van der Waals surface area contributed by atoms with E-state index in [0.29, 0.717) is 16.5 Å². The summed E-state index contributed by atoms with van der Waals surface area (Å²) in [5, 5.41) is 8.89. The third-order valence-corrected chi connectivity index (χ3v) is 3.77. The number of aromatic nitrogens is 2. The fourth-order valence-electron chi connectivity index (χ4n) is 2.64. The highest BCUT2D eigenvalue weighted by atomic mass is 16.1. The molecular formula is C17H17N3O2. The first-order valence-corrected chi connectivity index (χ1v) is 7.26. The van der Waals surface area contributed by atoms with E-state index >= 15 is 0 Å². The minimum Gasteiger partial charge on any atom is -0.378 e. The summed E-state index contributed by atoms with van der Waals surface area (Å²) in [7, 11) is 0. The van der Waals surface area contributed by atoms with Gasteiger partial charge in [-0.05, 0) is 24.1 Å². The monoisotopic (exact) mass is 295 g/mol. The lowest BCUT2D eigenvalue weighted by molar-refractivity contribution is 0.750. The number of benzene rings is 2. The molecule has 3 rings (SSSR count). The molecule has 0 aliphatic carbocycles. The number of H-pyrrole nitrogens is 2. The lowest BCUT2D eigenvalue weighted by Crippen LogP contribution is -2.21. The summed E-state index contributed by atoms with van der Waals surface area (Å²) in [4.78, 5) is 23.9. The maximum Gasteiger partial charge on any atom is 0.272 e. The molecule has 0 spiro atoms. The number of rotatable bonds is 4. The number of nitrogens with one attached hydrogen (secondary N) is 3. The van der Waals surface area contributed by atoms with Crippen LogP contribution >= 0.6 is 0 Å². The fraction of sp³-hybridized carbons (Fsp3) is 0.176. The summed E-state index contributed by atoms with van der Waals surface area (Å²) in [6.07, 6.45) is 0.863. The molecule has 0 radical (unpaired) electrons. The Hall–Kier alpha value is -2.82. The van der Waals surface area contributed by atoms with Crippen molar-refractivity contribution in [2.45, 2.75) is 19.4 Å². The average Bonchev–Trinajstić information content (AvgIpc) is 2.57. The van der Waals surface area contributed by atoms with Gasteiger partial charge < -0.3 is 5.32 Å². The van der Waals surface area contributed by atoms with Crippen molar-refractivity contribution in [1.82, 2.24) is 10.2 Å². The van der Waals surface area contributed by atoms with E-state index in [9.17, 15) is 9.59 Å². The van der Waals surface area contributed by atoms with Gasteiger partial charge >= 0.3 is 0 Å². The van der Waals surface area contributed by atoms with Crippen LogP contribution in [0.2, 0.25) is 0 Å². The lowest BCUT2D eigenvalue weighted by Gasteiger charge is -2.19. The molecule has 0 saturated heterocycles. The first-order valence-electron chi connectivity index (χ1n) is 7.26. The SMILES string of the molecule is CCC(Nc1cccc2c(=O)[nH][nH]c(=O)c12)c1ccccc1. The molecule has 1 heterocycles. The number of hydrogen-bond donors (Lipinski definition) is 3.